The molecule has 0 spiro atoms. The highest BCUT2D eigenvalue weighted by Crippen LogP contribution is 2.41. The van der Waals surface area contributed by atoms with Gasteiger partial charge in [0, 0.05) is 21.6 Å². The standard InChI is InChI=1S/C20H18BrClN4O2S/c1-3-8-29-20-24-19(27)16-12-6-4-5-7-15(12)23-18(26(16)25-20)13-9-11(22)10-14(21)17(13)28-2/h4-7,9-10,18H,3,8H2,1-2H3,(H,24,25,27)/t18-/m0/s1. The summed E-state index contributed by atoms with van der Waals surface area (Å²) in [5.74, 6) is 1.25. The highest BCUT2D eigenvalue weighted by molar-refractivity contribution is 9.10. The summed E-state index contributed by atoms with van der Waals surface area (Å²) in [5, 5.41) is 11.8. The van der Waals surface area contributed by atoms with Crippen molar-refractivity contribution in [1.29, 1.82) is 0 Å². The fourth-order valence-electron chi connectivity index (χ4n) is 3.28. The Morgan fingerprint density at radius 1 is 1.34 bits per heavy atom. The van der Waals surface area contributed by atoms with Gasteiger partial charge in [-0.3, -0.25) is 15.1 Å². The largest absolute Gasteiger partial charge is 0.495 e. The number of carbonyl (C=O) groups is 1. The second-order valence-electron chi connectivity index (χ2n) is 6.43. The smallest absolute Gasteiger partial charge is 0.276 e. The predicted octanol–water partition coefficient (Wildman–Crippen LogP) is 3.40. The first-order valence-corrected chi connectivity index (χ1v) is 11.2. The maximum absolute atomic E-state index is 13.0. The summed E-state index contributed by atoms with van der Waals surface area (Å²) in [6.45, 7) is 2.08. The molecule has 2 aromatic rings. The number of fused-ring (bicyclic) bond motifs is 2. The van der Waals surface area contributed by atoms with Crippen molar-refractivity contribution >= 4 is 56.1 Å². The number of carbonyl (C=O) groups excluding carboxylic acids is 1. The molecule has 0 bridgehead atoms. The van der Waals surface area contributed by atoms with E-state index in [9.17, 15) is 4.79 Å². The number of hydrazone groups is 1. The van der Waals surface area contributed by atoms with Crippen molar-refractivity contribution in [3.63, 3.8) is 0 Å². The van der Waals surface area contributed by atoms with Gasteiger partial charge in [-0.25, -0.2) is 5.01 Å². The fourth-order valence-corrected chi connectivity index (χ4v) is 4.99. The van der Waals surface area contributed by atoms with Crippen LogP contribution >= 0.6 is 39.3 Å². The number of halogens is 2. The number of nitrogens with zero attached hydrogens (tertiary/aromatic N) is 3. The van der Waals surface area contributed by atoms with Gasteiger partial charge in [0.05, 0.1) is 16.9 Å². The van der Waals surface area contributed by atoms with E-state index in [1.165, 1.54) is 11.8 Å². The van der Waals surface area contributed by atoms with Crippen LogP contribution in [-0.2, 0) is 4.79 Å². The van der Waals surface area contributed by atoms with Crippen LogP contribution in [0.4, 0.5) is 0 Å². The van der Waals surface area contributed by atoms with E-state index >= 15 is 0 Å². The molecule has 0 saturated carbocycles. The molecule has 1 N–H and O–H groups in total. The number of rotatable bonds is 4. The Morgan fingerprint density at radius 3 is 2.90 bits per heavy atom. The first kappa shape index (κ1) is 20.3. The summed E-state index contributed by atoms with van der Waals surface area (Å²) in [5.41, 5.74) is 1.18. The van der Waals surface area contributed by atoms with Gasteiger partial charge in [-0.1, -0.05) is 48.5 Å². The molecular weight excluding hydrogens is 476 g/mol. The molecular formula is C20H18BrClN4O2S. The quantitative estimate of drug-likeness (QED) is 0.709. The topological polar surface area (TPSA) is 66.3 Å². The Balaban J connectivity index is 1.96. The molecule has 150 valence electrons. The number of amides is 1. The molecule has 0 aromatic heterocycles. The minimum atomic E-state index is -0.590. The van der Waals surface area contributed by atoms with Crippen molar-refractivity contribution < 1.29 is 9.53 Å². The third kappa shape index (κ3) is 3.76. The second-order valence-corrected chi connectivity index (χ2v) is 8.81. The third-order valence-electron chi connectivity index (χ3n) is 4.48. The predicted molar refractivity (Wildman–Crippen MR) is 119 cm³/mol. The number of para-hydroxylation sites is 1. The highest BCUT2D eigenvalue weighted by Gasteiger charge is 2.36. The maximum atomic E-state index is 13.0. The molecule has 1 amide bonds. The van der Waals surface area contributed by atoms with Crippen LogP contribution in [0.3, 0.4) is 0 Å². The Kier molecular flexibility index (Phi) is 5.85. The zero-order chi connectivity index (χ0) is 20.5. The molecule has 0 fully saturated rings. The molecule has 1 atom stereocenters. The van der Waals surface area contributed by atoms with E-state index in [0.717, 1.165) is 28.3 Å². The van der Waals surface area contributed by atoms with Gasteiger partial charge in [0.1, 0.15) is 11.4 Å². The molecule has 0 radical (unpaired) electrons. The molecule has 0 aliphatic carbocycles. The number of methoxy groups -OCH3 is 1. The highest BCUT2D eigenvalue weighted by atomic mass is 79.9. The van der Waals surface area contributed by atoms with Crippen LogP contribution in [0.15, 0.2) is 51.0 Å². The zero-order valence-electron chi connectivity index (χ0n) is 15.8. The molecule has 9 heteroatoms. The lowest BCUT2D eigenvalue weighted by Crippen LogP contribution is -2.50. The van der Waals surface area contributed by atoms with Crippen LogP contribution in [-0.4, -0.2) is 28.9 Å². The van der Waals surface area contributed by atoms with Gasteiger partial charge < -0.3 is 4.74 Å². The van der Waals surface area contributed by atoms with Crippen LogP contribution in [0.2, 0.25) is 5.02 Å². The maximum Gasteiger partial charge on any atom is 0.276 e. The van der Waals surface area contributed by atoms with E-state index in [0.29, 0.717) is 26.1 Å². The van der Waals surface area contributed by atoms with Gasteiger partial charge in [0.25, 0.3) is 5.91 Å². The average Bonchev–Trinajstić information content (AvgIpc) is 2.70. The number of amidine groups is 1. The Hall–Kier alpha value is -2.03. The van der Waals surface area contributed by atoms with E-state index in [2.05, 4.69) is 28.2 Å². The summed E-state index contributed by atoms with van der Waals surface area (Å²) in [6.07, 6.45) is 0.384. The molecule has 4 rings (SSSR count). The number of nitrogens with one attached hydrogen (secondary N) is 1. The average molecular weight is 494 g/mol. The lowest BCUT2D eigenvalue weighted by atomic mass is 10.1. The molecule has 2 heterocycles. The Morgan fingerprint density at radius 2 is 2.14 bits per heavy atom. The third-order valence-corrected chi connectivity index (χ3v) is 6.35. The van der Waals surface area contributed by atoms with Gasteiger partial charge in [-0.2, -0.15) is 0 Å². The lowest BCUT2D eigenvalue weighted by molar-refractivity contribution is -0.116. The van der Waals surface area contributed by atoms with Gasteiger partial charge in [0.2, 0.25) is 0 Å². The van der Waals surface area contributed by atoms with Crippen LogP contribution in [0.1, 0.15) is 25.1 Å². The fraction of sp³-hybridized carbons (Fsp3) is 0.250. The Labute approximate surface area is 185 Å². The minimum Gasteiger partial charge on any atom is -0.495 e. The van der Waals surface area contributed by atoms with E-state index in [1.807, 2.05) is 24.3 Å². The number of benzene rings is 2. The molecule has 2 aliphatic rings. The van der Waals surface area contributed by atoms with Crippen LogP contribution < -0.4 is 20.6 Å². The summed E-state index contributed by atoms with van der Waals surface area (Å²) in [4.78, 5) is 17.9. The summed E-state index contributed by atoms with van der Waals surface area (Å²) in [6, 6.07) is 11.1. The first-order chi connectivity index (χ1) is 14.0. The summed E-state index contributed by atoms with van der Waals surface area (Å²) in [7, 11) is 1.59. The normalized spacial score (nSPS) is 17.7. The van der Waals surface area contributed by atoms with Gasteiger partial charge in [-0.15, -0.1) is 5.10 Å². The Bertz CT molecular complexity index is 1140. The molecule has 2 aromatic carbocycles. The van der Waals surface area contributed by atoms with E-state index in [1.54, 1.807) is 24.3 Å². The second kappa shape index (κ2) is 8.38. The molecule has 0 unspecified atom stereocenters. The number of hydrogen-bond donors (Lipinski definition) is 1. The van der Waals surface area contributed by atoms with E-state index < -0.39 is 6.17 Å². The lowest BCUT2D eigenvalue weighted by Gasteiger charge is -2.34. The van der Waals surface area contributed by atoms with Crippen molar-refractivity contribution in [2.75, 3.05) is 12.9 Å². The van der Waals surface area contributed by atoms with E-state index in [4.69, 9.17) is 26.4 Å². The van der Waals surface area contributed by atoms with E-state index in [-0.39, 0.29) is 5.91 Å². The van der Waals surface area contributed by atoms with Crippen molar-refractivity contribution in [2.45, 2.75) is 19.5 Å². The molecule has 2 aliphatic heterocycles. The SMILES string of the molecule is CCCSC1=NN2C(=c3ccccc3=N[C@@H]2c2cc(Cl)cc(Br)c2OC)C(=O)N1. The van der Waals surface area contributed by atoms with Crippen molar-refractivity contribution in [2.24, 2.45) is 10.1 Å². The number of ether oxygens (including phenoxy) is 1. The van der Waals surface area contributed by atoms with Gasteiger partial charge in [0.15, 0.2) is 11.3 Å². The molecule has 29 heavy (non-hydrogen) atoms. The minimum absolute atomic E-state index is 0.203. The summed E-state index contributed by atoms with van der Waals surface area (Å²) >= 11 is 11.3. The van der Waals surface area contributed by atoms with Crippen molar-refractivity contribution in [1.82, 2.24) is 10.3 Å². The molecule has 0 saturated heterocycles. The monoisotopic (exact) mass is 492 g/mol. The van der Waals surface area contributed by atoms with Crippen LogP contribution in [0, 0.1) is 0 Å². The van der Waals surface area contributed by atoms with Crippen molar-refractivity contribution in [3.05, 3.63) is 62.0 Å². The molecule has 6 nitrogen and oxygen atoms in total. The van der Waals surface area contributed by atoms with Crippen LogP contribution in [0.5, 0.6) is 5.75 Å². The van der Waals surface area contributed by atoms with Crippen LogP contribution in [0.25, 0.3) is 5.70 Å². The summed E-state index contributed by atoms with van der Waals surface area (Å²) < 4.78 is 6.33. The van der Waals surface area contributed by atoms with Gasteiger partial charge in [-0.05, 0) is 40.5 Å². The first-order valence-electron chi connectivity index (χ1n) is 9.05. The van der Waals surface area contributed by atoms with Gasteiger partial charge >= 0.3 is 0 Å². The zero-order valence-corrected chi connectivity index (χ0v) is 18.9. The number of thioether (sulfide) groups is 1. The number of hydrogen-bond acceptors (Lipinski definition) is 6. The van der Waals surface area contributed by atoms with Crippen molar-refractivity contribution in [3.8, 4) is 5.75 Å².